The van der Waals surface area contributed by atoms with Gasteiger partial charge in [0.15, 0.2) is 0 Å². The zero-order valence-electron chi connectivity index (χ0n) is 15.6. The molecule has 2 aromatic carbocycles. The number of phenolic OH excluding ortho intramolecular Hbond substituents is 1. The van der Waals surface area contributed by atoms with E-state index in [-0.39, 0.29) is 11.6 Å². The van der Waals surface area contributed by atoms with Gasteiger partial charge in [-0.25, -0.2) is 9.37 Å². The first-order valence-corrected chi connectivity index (χ1v) is 9.05. The number of halogens is 1. The van der Waals surface area contributed by atoms with Crippen LogP contribution in [0.2, 0.25) is 0 Å². The van der Waals surface area contributed by atoms with Crippen LogP contribution in [-0.2, 0) is 0 Å². The summed E-state index contributed by atoms with van der Waals surface area (Å²) in [5, 5.41) is 15.1. The first-order valence-electron chi connectivity index (χ1n) is 9.05. The number of nitrogens with zero attached hydrogens (tertiary/aromatic N) is 2. The van der Waals surface area contributed by atoms with Gasteiger partial charge in [0.2, 0.25) is 0 Å². The highest BCUT2D eigenvalue weighted by atomic mass is 19.1. The number of phenols is 1. The van der Waals surface area contributed by atoms with Gasteiger partial charge in [-0.3, -0.25) is 4.98 Å². The van der Waals surface area contributed by atoms with Crippen molar-refractivity contribution in [2.45, 2.75) is 19.9 Å². The summed E-state index contributed by atoms with van der Waals surface area (Å²) in [5.41, 5.74) is 3.42. The second kappa shape index (κ2) is 7.27. The van der Waals surface area contributed by atoms with E-state index in [0.29, 0.717) is 28.0 Å². The van der Waals surface area contributed by atoms with Crippen LogP contribution in [0.15, 0.2) is 67.0 Å². The predicted molar refractivity (Wildman–Crippen MR) is 109 cm³/mol. The molecular weight excluding hydrogens is 353 g/mol. The molecule has 0 amide bonds. The summed E-state index contributed by atoms with van der Waals surface area (Å²) in [6, 6.07) is 15.9. The third-order valence-corrected chi connectivity index (χ3v) is 4.82. The molecule has 1 unspecified atom stereocenters. The van der Waals surface area contributed by atoms with Crippen molar-refractivity contribution in [1.29, 1.82) is 0 Å². The fraction of sp³-hybridized carbons (Fsp3) is 0.130. The highest BCUT2D eigenvalue weighted by molar-refractivity contribution is 5.86. The fourth-order valence-electron chi connectivity index (χ4n) is 3.21. The second-order valence-corrected chi connectivity index (χ2v) is 6.89. The molecule has 2 aromatic heterocycles. The molecule has 0 saturated heterocycles. The van der Waals surface area contributed by atoms with Crippen LogP contribution >= 0.6 is 0 Å². The van der Waals surface area contributed by atoms with E-state index < -0.39 is 6.04 Å². The number of rotatable bonds is 4. The molecule has 0 spiro atoms. The molecule has 1 atom stereocenters. The molecule has 0 fully saturated rings. The van der Waals surface area contributed by atoms with Gasteiger partial charge in [0.05, 0.1) is 6.04 Å². The molecule has 28 heavy (non-hydrogen) atoms. The van der Waals surface area contributed by atoms with Gasteiger partial charge in [0.1, 0.15) is 22.9 Å². The lowest BCUT2D eigenvalue weighted by atomic mass is 9.95. The van der Waals surface area contributed by atoms with Crippen LogP contribution in [0.3, 0.4) is 0 Å². The maximum absolute atomic E-state index is 14.3. The molecule has 4 nitrogen and oxygen atoms in total. The molecule has 0 aliphatic rings. The molecular formula is C23H20FN3O. The highest BCUT2D eigenvalue weighted by Crippen LogP contribution is 2.36. The van der Waals surface area contributed by atoms with E-state index in [1.807, 2.05) is 49.4 Å². The van der Waals surface area contributed by atoms with Crippen LogP contribution in [0.5, 0.6) is 5.75 Å². The number of hydrogen-bond donors (Lipinski definition) is 2. The molecule has 5 heteroatoms. The molecule has 4 aromatic rings. The number of benzene rings is 2. The number of fused-ring (bicyclic) bond motifs is 1. The van der Waals surface area contributed by atoms with E-state index >= 15 is 0 Å². The number of anilines is 1. The molecule has 0 aliphatic carbocycles. The first-order chi connectivity index (χ1) is 13.5. The number of aromatic hydroxyl groups is 1. The predicted octanol–water partition coefficient (Wildman–Crippen LogP) is 5.29. The average Bonchev–Trinajstić information content (AvgIpc) is 2.71. The molecule has 2 N–H and O–H groups in total. The number of aryl methyl sites for hydroxylation is 2. The standard InChI is InChI=1S/C23H20FN3O/c1-14-5-10-20(26-13-14)27-21(17-7-6-15(2)19(24)12-17)18-9-8-16-4-3-11-25-22(16)23(18)28/h3-13,21,28H,1-2H3,(H,26,27). The lowest BCUT2D eigenvalue weighted by molar-refractivity contribution is 0.471. The van der Waals surface area contributed by atoms with Crippen molar-refractivity contribution in [3.05, 3.63) is 95.1 Å². The Morgan fingerprint density at radius 3 is 2.61 bits per heavy atom. The summed E-state index contributed by atoms with van der Waals surface area (Å²) >= 11 is 0. The fourth-order valence-corrected chi connectivity index (χ4v) is 3.21. The van der Waals surface area contributed by atoms with E-state index in [2.05, 4.69) is 15.3 Å². The summed E-state index contributed by atoms with van der Waals surface area (Å²) in [6.07, 6.45) is 3.40. The minimum Gasteiger partial charge on any atom is -0.505 e. The van der Waals surface area contributed by atoms with Crippen molar-refractivity contribution >= 4 is 16.7 Å². The summed E-state index contributed by atoms with van der Waals surface area (Å²) < 4.78 is 14.3. The van der Waals surface area contributed by atoms with Gasteiger partial charge in [-0.2, -0.15) is 0 Å². The maximum Gasteiger partial charge on any atom is 0.147 e. The van der Waals surface area contributed by atoms with Crippen molar-refractivity contribution in [1.82, 2.24) is 9.97 Å². The molecule has 0 radical (unpaired) electrons. The molecule has 0 aliphatic heterocycles. The average molecular weight is 373 g/mol. The Bertz CT molecular complexity index is 1140. The SMILES string of the molecule is Cc1ccc(NC(c2ccc(C)c(F)c2)c2ccc3cccnc3c2O)nc1. The minimum absolute atomic E-state index is 0.0729. The normalized spacial score (nSPS) is 12.1. The Balaban J connectivity index is 1.85. The van der Waals surface area contributed by atoms with Crippen LogP contribution in [0.25, 0.3) is 10.9 Å². The Morgan fingerprint density at radius 1 is 1.00 bits per heavy atom. The molecule has 0 saturated carbocycles. The molecule has 2 heterocycles. The van der Waals surface area contributed by atoms with Gasteiger partial charge in [0, 0.05) is 23.3 Å². The van der Waals surface area contributed by atoms with Crippen molar-refractivity contribution in [3.8, 4) is 5.75 Å². The molecule has 140 valence electrons. The third kappa shape index (κ3) is 3.39. The molecule has 4 rings (SSSR count). The zero-order chi connectivity index (χ0) is 19.7. The smallest absolute Gasteiger partial charge is 0.147 e. The number of pyridine rings is 2. The van der Waals surface area contributed by atoms with Crippen molar-refractivity contribution < 1.29 is 9.50 Å². The zero-order valence-corrected chi connectivity index (χ0v) is 15.6. The van der Waals surface area contributed by atoms with E-state index in [4.69, 9.17) is 0 Å². The Labute approximate surface area is 162 Å². The first kappa shape index (κ1) is 17.9. The summed E-state index contributed by atoms with van der Waals surface area (Å²) in [5.74, 6) is 0.417. The summed E-state index contributed by atoms with van der Waals surface area (Å²) in [6.45, 7) is 3.69. The van der Waals surface area contributed by atoms with Crippen molar-refractivity contribution in [2.24, 2.45) is 0 Å². The highest BCUT2D eigenvalue weighted by Gasteiger charge is 2.21. The second-order valence-electron chi connectivity index (χ2n) is 6.89. The van der Waals surface area contributed by atoms with Crippen LogP contribution < -0.4 is 5.32 Å². The van der Waals surface area contributed by atoms with E-state index in [0.717, 1.165) is 10.9 Å². The topological polar surface area (TPSA) is 58.0 Å². The van der Waals surface area contributed by atoms with E-state index in [9.17, 15) is 9.50 Å². The van der Waals surface area contributed by atoms with Gasteiger partial charge in [-0.05, 0) is 48.7 Å². The Hall–Kier alpha value is -3.47. The van der Waals surface area contributed by atoms with E-state index in [1.165, 1.54) is 6.07 Å². The van der Waals surface area contributed by atoms with Gasteiger partial charge < -0.3 is 10.4 Å². The van der Waals surface area contributed by atoms with Gasteiger partial charge in [-0.15, -0.1) is 0 Å². The van der Waals surface area contributed by atoms with Gasteiger partial charge in [-0.1, -0.05) is 36.4 Å². The van der Waals surface area contributed by atoms with E-state index in [1.54, 1.807) is 25.4 Å². The molecule has 0 bridgehead atoms. The van der Waals surface area contributed by atoms with Crippen molar-refractivity contribution in [3.63, 3.8) is 0 Å². The minimum atomic E-state index is -0.489. The monoisotopic (exact) mass is 373 g/mol. The number of aromatic nitrogens is 2. The van der Waals surface area contributed by atoms with Crippen LogP contribution in [0, 0.1) is 19.7 Å². The van der Waals surface area contributed by atoms with Crippen molar-refractivity contribution in [2.75, 3.05) is 5.32 Å². The van der Waals surface area contributed by atoms with Gasteiger partial charge >= 0.3 is 0 Å². The van der Waals surface area contributed by atoms with Gasteiger partial charge in [0.25, 0.3) is 0 Å². The summed E-state index contributed by atoms with van der Waals surface area (Å²) in [7, 11) is 0. The third-order valence-electron chi connectivity index (χ3n) is 4.82. The Morgan fingerprint density at radius 2 is 1.86 bits per heavy atom. The number of nitrogens with one attached hydrogen (secondary N) is 1. The quantitative estimate of drug-likeness (QED) is 0.510. The summed E-state index contributed by atoms with van der Waals surface area (Å²) in [4.78, 5) is 8.70. The lowest BCUT2D eigenvalue weighted by Crippen LogP contribution is -2.14. The lowest BCUT2D eigenvalue weighted by Gasteiger charge is -2.22. The van der Waals surface area contributed by atoms with Crippen LogP contribution in [0.4, 0.5) is 10.2 Å². The number of hydrogen-bond acceptors (Lipinski definition) is 4. The van der Waals surface area contributed by atoms with Crippen LogP contribution in [0.1, 0.15) is 28.3 Å². The maximum atomic E-state index is 14.3. The largest absolute Gasteiger partial charge is 0.505 e. The van der Waals surface area contributed by atoms with Crippen LogP contribution in [-0.4, -0.2) is 15.1 Å². The Kier molecular flexibility index (Phi) is 4.65.